The van der Waals surface area contributed by atoms with Gasteiger partial charge in [0, 0.05) is 28.5 Å². The molecule has 5 rings (SSSR count). The summed E-state index contributed by atoms with van der Waals surface area (Å²) >= 11 is 15.2. The second-order valence-corrected chi connectivity index (χ2v) is 10.5. The summed E-state index contributed by atoms with van der Waals surface area (Å²) in [6.45, 7) is 0.548. The summed E-state index contributed by atoms with van der Waals surface area (Å²) in [7, 11) is 1.97. The molecule has 3 aromatic carbocycles. The number of hydrogen-bond donors (Lipinski definition) is 0. The number of benzene rings is 3. The van der Waals surface area contributed by atoms with Crippen molar-refractivity contribution in [2.45, 2.75) is 11.3 Å². The summed E-state index contributed by atoms with van der Waals surface area (Å²) in [4.78, 5) is 24.0. The van der Waals surface area contributed by atoms with E-state index in [1.54, 1.807) is 28.8 Å². The number of carbonyl (C=O) groups is 1. The largest absolute Gasteiger partial charge is 0.337 e. The molecule has 0 bridgehead atoms. The Labute approximate surface area is 211 Å². The van der Waals surface area contributed by atoms with Crippen LogP contribution in [0.25, 0.3) is 0 Å². The molecule has 0 atom stereocenters. The fourth-order valence-electron chi connectivity index (χ4n) is 3.65. The SMILES string of the molecule is CN1C(=C2SC(=Nc3ccc(Cl)cc3)N(CCc3ccccc3)C2=O)Sc2ccc(Cl)cc21. The number of hydrogen-bond acceptors (Lipinski definition) is 5. The molecule has 0 radical (unpaired) electrons. The molecule has 2 heterocycles. The molecule has 1 saturated heterocycles. The number of halogens is 2. The molecular weight excluding hydrogens is 493 g/mol. The fourth-order valence-corrected chi connectivity index (χ4v) is 6.29. The number of nitrogens with zero attached hydrogens (tertiary/aromatic N) is 3. The molecule has 0 aromatic heterocycles. The van der Waals surface area contributed by atoms with E-state index < -0.39 is 0 Å². The lowest BCUT2D eigenvalue weighted by Gasteiger charge is -2.17. The number of amides is 1. The molecule has 0 spiro atoms. The zero-order valence-electron chi connectivity index (χ0n) is 17.7. The number of thioether (sulfide) groups is 2. The van der Waals surface area contributed by atoms with Crippen LogP contribution < -0.4 is 4.90 Å². The summed E-state index contributed by atoms with van der Waals surface area (Å²) < 4.78 is 0. The Morgan fingerprint density at radius 3 is 2.39 bits per heavy atom. The lowest BCUT2D eigenvalue weighted by atomic mass is 10.1. The van der Waals surface area contributed by atoms with Gasteiger partial charge in [0.25, 0.3) is 5.91 Å². The number of amidine groups is 1. The Morgan fingerprint density at radius 1 is 0.909 bits per heavy atom. The highest BCUT2D eigenvalue weighted by molar-refractivity contribution is 8.19. The van der Waals surface area contributed by atoms with E-state index in [9.17, 15) is 4.79 Å². The van der Waals surface area contributed by atoms with Gasteiger partial charge in [-0.15, -0.1) is 0 Å². The van der Waals surface area contributed by atoms with Crippen molar-refractivity contribution in [2.75, 3.05) is 18.5 Å². The highest BCUT2D eigenvalue weighted by Crippen LogP contribution is 2.50. The molecule has 33 heavy (non-hydrogen) atoms. The first-order valence-electron chi connectivity index (χ1n) is 10.3. The Balaban J connectivity index is 1.50. The normalized spacial score (nSPS) is 19.0. The number of rotatable bonds is 4. The first kappa shape index (κ1) is 22.4. The van der Waals surface area contributed by atoms with Crippen molar-refractivity contribution in [1.29, 1.82) is 0 Å². The van der Waals surface area contributed by atoms with Crippen LogP contribution in [0, 0.1) is 0 Å². The Morgan fingerprint density at radius 2 is 1.64 bits per heavy atom. The third kappa shape index (κ3) is 4.66. The van der Waals surface area contributed by atoms with Crippen molar-refractivity contribution < 1.29 is 4.79 Å². The van der Waals surface area contributed by atoms with Crippen LogP contribution in [-0.2, 0) is 11.2 Å². The van der Waals surface area contributed by atoms with Crippen LogP contribution in [0.3, 0.4) is 0 Å². The fraction of sp³-hybridized carbons (Fsp3) is 0.120. The lowest BCUT2D eigenvalue weighted by Crippen LogP contribution is -2.31. The average Bonchev–Trinajstić information content (AvgIpc) is 3.30. The van der Waals surface area contributed by atoms with Gasteiger partial charge in [-0.3, -0.25) is 9.69 Å². The molecule has 1 amide bonds. The van der Waals surface area contributed by atoms with Gasteiger partial charge in [-0.05, 0) is 66.2 Å². The molecule has 0 aliphatic carbocycles. The minimum absolute atomic E-state index is 0.0307. The molecule has 4 nitrogen and oxygen atoms in total. The minimum Gasteiger partial charge on any atom is -0.337 e. The zero-order chi connectivity index (χ0) is 22.9. The van der Waals surface area contributed by atoms with Gasteiger partial charge >= 0.3 is 0 Å². The standard InChI is InChI=1S/C25H19Cl2N3OS2/c1-29-20-15-18(27)9-12-21(20)32-24(29)22-23(31)30(14-13-16-5-3-2-4-6-16)25(33-22)28-19-10-7-17(26)8-11-19/h2-12,15H,13-14H2,1H3. The maximum absolute atomic E-state index is 13.6. The molecule has 0 saturated carbocycles. The van der Waals surface area contributed by atoms with E-state index >= 15 is 0 Å². The van der Waals surface area contributed by atoms with E-state index in [1.165, 1.54) is 17.3 Å². The maximum Gasteiger partial charge on any atom is 0.269 e. The Bertz CT molecular complexity index is 1280. The molecule has 0 N–H and O–H groups in total. The number of carbonyl (C=O) groups excluding carboxylic acids is 1. The van der Waals surface area contributed by atoms with Crippen LogP contribution in [0.4, 0.5) is 11.4 Å². The summed E-state index contributed by atoms with van der Waals surface area (Å²) in [5.41, 5.74) is 2.94. The van der Waals surface area contributed by atoms with Crippen molar-refractivity contribution >= 4 is 69.2 Å². The van der Waals surface area contributed by atoms with Crippen LogP contribution in [0.2, 0.25) is 10.0 Å². The maximum atomic E-state index is 13.6. The summed E-state index contributed by atoms with van der Waals surface area (Å²) in [6.07, 6.45) is 0.744. The van der Waals surface area contributed by atoms with Crippen LogP contribution in [0.5, 0.6) is 0 Å². The van der Waals surface area contributed by atoms with Crippen molar-refractivity contribution in [3.05, 3.63) is 98.3 Å². The Kier molecular flexibility index (Phi) is 6.43. The molecule has 2 aliphatic rings. The molecular formula is C25H19Cl2N3OS2. The Hall–Kier alpha value is -2.38. The van der Waals surface area contributed by atoms with Crippen molar-refractivity contribution in [3.8, 4) is 0 Å². The van der Waals surface area contributed by atoms with Gasteiger partial charge in [0.15, 0.2) is 5.17 Å². The molecule has 2 aliphatic heterocycles. The van der Waals surface area contributed by atoms with Gasteiger partial charge in [-0.1, -0.05) is 65.3 Å². The van der Waals surface area contributed by atoms with E-state index in [4.69, 9.17) is 28.2 Å². The van der Waals surface area contributed by atoms with Gasteiger partial charge in [0.1, 0.15) is 4.91 Å². The van der Waals surface area contributed by atoms with Crippen molar-refractivity contribution in [2.24, 2.45) is 4.99 Å². The van der Waals surface area contributed by atoms with Gasteiger partial charge in [0.2, 0.25) is 0 Å². The van der Waals surface area contributed by atoms with E-state index in [-0.39, 0.29) is 5.91 Å². The van der Waals surface area contributed by atoms with E-state index in [2.05, 4.69) is 12.1 Å². The first-order chi connectivity index (χ1) is 16.0. The van der Waals surface area contributed by atoms with Crippen molar-refractivity contribution in [1.82, 2.24) is 4.90 Å². The highest BCUT2D eigenvalue weighted by Gasteiger charge is 2.39. The van der Waals surface area contributed by atoms with Gasteiger partial charge in [0.05, 0.1) is 16.4 Å². The van der Waals surface area contributed by atoms with Crippen LogP contribution >= 0.6 is 46.7 Å². The average molecular weight is 512 g/mol. The van der Waals surface area contributed by atoms with E-state index in [1.807, 2.05) is 60.5 Å². The summed E-state index contributed by atoms with van der Waals surface area (Å²) in [5.74, 6) is -0.0307. The number of anilines is 1. The number of aliphatic imine (C=N–C) groups is 1. The van der Waals surface area contributed by atoms with Gasteiger partial charge in [-0.2, -0.15) is 0 Å². The molecule has 1 fully saturated rings. The highest BCUT2D eigenvalue weighted by atomic mass is 35.5. The van der Waals surface area contributed by atoms with Gasteiger partial charge in [-0.25, -0.2) is 4.99 Å². The first-order valence-corrected chi connectivity index (χ1v) is 12.7. The molecule has 8 heteroatoms. The second-order valence-electron chi connectivity index (χ2n) is 7.57. The monoisotopic (exact) mass is 511 g/mol. The van der Waals surface area contributed by atoms with E-state index in [0.29, 0.717) is 26.7 Å². The lowest BCUT2D eigenvalue weighted by molar-refractivity contribution is -0.122. The third-order valence-electron chi connectivity index (χ3n) is 5.37. The zero-order valence-corrected chi connectivity index (χ0v) is 20.8. The van der Waals surface area contributed by atoms with Crippen LogP contribution in [-0.4, -0.2) is 29.6 Å². The molecule has 0 unspecified atom stereocenters. The predicted molar refractivity (Wildman–Crippen MR) is 141 cm³/mol. The van der Waals surface area contributed by atoms with Crippen LogP contribution in [0.1, 0.15) is 5.56 Å². The van der Waals surface area contributed by atoms with Gasteiger partial charge < -0.3 is 4.90 Å². The summed E-state index contributed by atoms with van der Waals surface area (Å²) in [5, 5.41) is 2.89. The molecule has 3 aromatic rings. The summed E-state index contributed by atoms with van der Waals surface area (Å²) in [6, 6.07) is 23.3. The second kappa shape index (κ2) is 9.47. The third-order valence-corrected chi connectivity index (χ3v) is 8.29. The topological polar surface area (TPSA) is 35.9 Å². The van der Waals surface area contributed by atoms with E-state index in [0.717, 1.165) is 27.7 Å². The predicted octanol–water partition coefficient (Wildman–Crippen LogP) is 7.21. The minimum atomic E-state index is -0.0307. The van der Waals surface area contributed by atoms with Crippen molar-refractivity contribution in [3.63, 3.8) is 0 Å². The van der Waals surface area contributed by atoms with Crippen LogP contribution in [0.15, 0.2) is 92.6 Å². The smallest absolute Gasteiger partial charge is 0.269 e. The number of fused-ring (bicyclic) bond motifs is 1. The molecule has 166 valence electrons. The quantitative estimate of drug-likeness (QED) is 0.346.